The monoisotopic (exact) mass is 350 g/mol. The highest BCUT2D eigenvalue weighted by Gasteiger charge is 2.12. The van der Waals surface area contributed by atoms with Crippen molar-refractivity contribution in [2.24, 2.45) is 0 Å². The summed E-state index contributed by atoms with van der Waals surface area (Å²) < 4.78 is 13.8. The summed E-state index contributed by atoms with van der Waals surface area (Å²) in [6, 6.07) is 14.2. The molecule has 0 fully saturated rings. The SMILES string of the molecule is C/C=C\c1ccc(OCc2nc3ccccc3n2CCCC)c(OC)c1. The summed E-state index contributed by atoms with van der Waals surface area (Å²) in [6.45, 7) is 5.56. The highest BCUT2D eigenvalue weighted by Crippen LogP contribution is 2.29. The number of methoxy groups -OCH3 is 1. The highest BCUT2D eigenvalue weighted by atomic mass is 16.5. The molecule has 0 aliphatic rings. The highest BCUT2D eigenvalue weighted by molar-refractivity contribution is 5.75. The van der Waals surface area contributed by atoms with E-state index in [0.717, 1.165) is 53.3 Å². The zero-order valence-electron chi connectivity index (χ0n) is 15.7. The normalized spacial score (nSPS) is 11.3. The molecule has 4 heteroatoms. The molecule has 0 saturated carbocycles. The van der Waals surface area contributed by atoms with Crippen LogP contribution in [-0.4, -0.2) is 16.7 Å². The second-order valence-electron chi connectivity index (χ2n) is 6.22. The second kappa shape index (κ2) is 8.56. The van der Waals surface area contributed by atoms with E-state index in [0.29, 0.717) is 6.61 Å². The summed E-state index contributed by atoms with van der Waals surface area (Å²) in [7, 11) is 1.66. The van der Waals surface area contributed by atoms with E-state index in [1.165, 1.54) is 0 Å². The maximum absolute atomic E-state index is 6.06. The van der Waals surface area contributed by atoms with Crippen LogP contribution in [0.4, 0.5) is 0 Å². The fourth-order valence-corrected chi connectivity index (χ4v) is 3.04. The first kappa shape index (κ1) is 18.1. The van der Waals surface area contributed by atoms with Gasteiger partial charge in [-0.15, -0.1) is 0 Å². The zero-order valence-corrected chi connectivity index (χ0v) is 15.7. The van der Waals surface area contributed by atoms with Gasteiger partial charge < -0.3 is 14.0 Å². The minimum Gasteiger partial charge on any atom is -0.493 e. The molecule has 0 N–H and O–H groups in total. The Morgan fingerprint density at radius 3 is 2.73 bits per heavy atom. The largest absolute Gasteiger partial charge is 0.493 e. The molecule has 0 radical (unpaired) electrons. The molecule has 3 aromatic rings. The van der Waals surface area contributed by atoms with Crippen LogP contribution >= 0.6 is 0 Å². The van der Waals surface area contributed by atoms with E-state index in [-0.39, 0.29) is 0 Å². The Labute approximate surface area is 155 Å². The van der Waals surface area contributed by atoms with Crippen molar-refractivity contribution in [3.63, 3.8) is 0 Å². The van der Waals surface area contributed by atoms with Gasteiger partial charge in [0.05, 0.1) is 18.1 Å². The number of hydrogen-bond donors (Lipinski definition) is 0. The van der Waals surface area contributed by atoms with Crippen LogP contribution in [0.1, 0.15) is 38.1 Å². The number of aromatic nitrogens is 2. The van der Waals surface area contributed by atoms with Gasteiger partial charge in [0.1, 0.15) is 12.4 Å². The standard InChI is InChI=1S/C22H26N2O2/c1-4-6-14-24-19-11-8-7-10-18(19)23-22(24)16-26-20-13-12-17(9-5-2)15-21(20)25-3/h5,7-13,15H,4,6,14,16H2,1-3H3/b9-5-. The number of ether oxygens (including phenoxy) is 2. The Bertz CT molecular complexity index is 896. The molecule has 1 aromatic heterocycles. The minimum absolute atomic E-state index is 0.414. The van der Waals surface area contributed by atoms with E-state index >= 15 is 0 Å². The molecular weight excluding hydrogens is 324 g/mol. The topological polar surface area (TPSA) is 36.3 Å². The average Bonchev–Trinajstić information content (AvgIpc) is 3.03. The number of hydrogen-bond acceptors (Lipinski definition) is 3. The maximum Gasteiger partial charge on any atom is 0.161 e. The summed E-state index contributed by atoms with van der Waals surface area (Å²) >= 11 is 0. The number of fused-ring (bicyclic) bond motifs is 1. The van der Waals surface area contributed by atoms with Gasteiger partial charge in [-0.2, -0.15) is 0 Å². The van der Waals surface area contributed by atoms with Crippen LogP contribution < -0.4 is 9.47 Å². The molecule has 0 bridgehead atoms. The molecule has 1 heterocycles. The Morgan fingerprint density at radius 1 is 1.12 bits per heavy atom. The van der Waals surface area contributed by atoms with Gasteiger partial charge in [-0.3, -0.25) is 0 Å². The Balaban J connectivity index is 1.85. The predicted molar refractivity (Wildman–Crippen MR) is 107 cm³/mol. The molecule has 136 valence electrons. The Kier molecular flexibility index (Phi) is 5.95. The van der Waals surface area contributed by atoms with Crippen molar-refractivity contribution in [3.05, 3.63) is 59.9 Å². The van der Waals surface area contributed by atoms with Crippen molar-refractivity contribution in [3.8, 4) is 11.5 Å². The average molecular weight is 350 g/mol. The van der Waals surface area contributed by atoms with Crippen molar-refractivity contribution >= 4 is 17.1 Å². The Hall–Kier alpha value is -2.75. The first-order valence-electron chi connectivity index (χ1n) is 9.14. The van der Waals surface area contributed by atoms with Crippen molar-refractivity contribution in [1.82, 2.24) is 9.55 Å². The van der Waals surface area contributed by atoms with Crippen molar-refractivity contribution < 1.29 is 9.47 Å². The number of para-hydroxylation sites is 2. The lowest BCUT2D eigenvalue weighted by atomic mass is 10.2. The van der Waals surface area contributed by atoms with Gasteiger partial charge in [0.25, 0.3) is 0 Å². The second-order valence-corrected chi connectivity index (χ2v) is 6.22. The van der Waals surface area contributed by atoms with Gasteiger partial charge in [-0.25, -0.2) is 4.98 Å². The van der Waals surface area contributed by atoms with Crippen LogP contribution in [0.15, 0.2) is 48.5 Å². The van der Waals surface area contributed by atoms with Crippen LogP contribution in [0.25, 0.3) is 17.1 Å². The van der Waals surface area contributed by atoms with E-state index in [1.54, 1.807) is 7.11 Å². The molecular formula is C22H26N2O2. The summed E-state index contributed by atoms with van der Waals surface area (Å²) in [6.07, 6.45) is 6.31. The number of allylic oxidation sites excluding steroid dienone is 1. The minimum atomic E-state index is 0.414. The van der Waals surface area contributed by atoms with Crippen LogP contribution in [0.2, 0.25) is 0 Å². The van der Waals surface area contributed by atoms with Gasteiger partial charge in [0.2, 0.25) is 0 Å². The van der Waals surface area contributed by atoms with E-state index in [4.69, 9.17) is 14.5 Å². The third-order valence-electron chi connectivity index (χ3n) is 4.37. The fourth-order valence-electron chi connectivity index (χ4n) is 3.04. The molecule has 0 spiro atoms. The van der Waals surface area contributed by atoms with Gasteiger partial charge in [0.15, 0.2) is 11.5 Å². The van der Waals surface area contributed by atoms with E-state index < -0.39 is 0 Å². The lowest BCUT2D eigenvalue weighted by molar-refractivity contribution is 0.271. The molecule has 3 rings (SSSR count). The third-order valence-corrected chi connectivity index (χ3v) is 4.37. The summed E-state index contributed by atoms with van der Waals surface area (Å²) in [5.74, 6) is 2.41. The van der Waals surface area contributed by atoms with E-state index in [2.05, 4.69) is 23.6 Å². The lowest BCUT2D eigenvalue weighted by Gasteiger charge is -2.13. The van der Waals surface area contributed by atoms with Crippen LogP contribution in [0.5, 0.6) is 11.5 Å². The molecule has 0 atom stereocenters. The quantitative estimate of drug-likeness (QED) is 0.541. The van der Waals surface area contributed by atoms with E-state index in [1.807, 2.05) is 49.4 Å². The summed E-state index contributed by atoms with van der Waals surface area (Å²) in [4.78, 5) is 4.77. The fraction of sp³-hybridized carbons (Fsp3) is 0.318. The molecule has 4 nitrogen and oxygen atoms in total. The van der Waals surface area contributed by atoms with Crippen molar-refractivity contribution in [2.45, 2.75) is 39.8 Å². The van der Waals surface area contributed by atoms with Crippen LogP contribution in [0, 0.1) is 0 Å². The number of imidazole rings is 1. The predicted octanol–water partition coefficient (Wildman–Crippen LogP) is 5.46. The molecule has 0 aliphatic heterocycles. The number of benzene rings is 2. The first-order valence-corrected chi connectivity index (χ1v) is 9.14. The van der Waals surface area contributed by atoms with Crippen molar-refractivity contribution in [1.29, 1.82) is 0 Å². The number of unbranched alkanes of at least 4 members (excludes halogenated alkanes) is 1. The van der Waals surface area contributed by atoms with Crippen molar-refractivity contribution in [2.75, 3.05) is 7.11 Å². The Morgan fingerprint density at radius 2 is 1.96 bits per heavy atom. The molecule has 0 unspecified atom stereocenters. The zero-order chi connectivity index (χ0) is 18.4. The smallest absolute Gasteiger partial charge is 0.161 e. The summed E-state index contributed by atoms with van der Waals surface area (Å²) in [5, 5.41) is 0. The van der Waals surface area contributed by atoms with Gasteiger partial charge in [0, 0.05) is 6.54 Å². The summed E-state index contributed by atoms with van der Waals surface area (Å²) in [5.41, 5.74) is 3.26. The number of nitrogens with zero attached hydrogens (tertiary/aromatic N) is 2. The van der Waals surface area contributed by atoms with Gasteiger partial charge in [-0.1, -0.05) is 43.7 Å². The number of rotatable bonds is 8. The molecule has 0 aliphatic carbocycles. The molecule has 2 aromatic carbocycles. The van der Waals surface area contributed by atoms with Gasteiger partial charge >= 0.3 is 0 Å². The van der Waals surface area contributed by atoms with E-state index in [9.17, 15) is 0 Å². The number of aryl methyl sites for hydroxylation is 1. The molecule has 0 amide bonds. The van der Waals surface area contributed by atoms with Gasteiger partial charge in [-0.05, 0) is 43.2 Å². The lowest BCUT2D eigenvalue weighted by Crippen LogP contribution is -2.08. The molecule has 0 saturated heterocycles. The van der Waals surface area contributed by atoms with Crippen LogP contribution in [-0.2, 0) is 13.2 Å². The maximum atomic E-state index is 6.06. The van der Waals surface area contributed by atoms with Crippen LogP contribution in [0.3, 0.4) is 0 Å². The molecule has 26 heavy (non-hydrogen) atoms. The first-order chi connectivity index (χ1) is 12.8. The third kappa shape index (κ3) is 3.90.